The number of ether oxygens (including phenoxy) is 2. The molecule has 1 heterocycles. The molecule has 0 radical (unpaired) electrons. The lowest BCUT2D eigenvalue weighted by molar-refractivity contribution is -0.147. The van der Waals surface area contributed by atoms with E-state index in [4.69, 9.17) is 20.3 Å². The molecule has 0 aliphatic carbocycles. The van der Waals surface area contributed by atoms with Gasteiger partial charge in [0, 0.05) is 12.5 Å². The lowest BCUT2D eigenvalue weighted by Gasteiger charge is -2.11. The summed E-state index contributed by atoms with van der Waals surface area (Å²) in [7, 11) is 0. The molecule has 3 N–H and O–H groups in total. The third kappa shape index (κ3) is 3.30. The molecule has 1 aliphatic rings. The second-order valence-corrected chi connectivity index (χ2v) is 3.15. The van der Waals surface area contributed by atoms with E-state index in [-0.39, 0.29) is 12.5 Å². The first kappa shape index (κ1) is 10.4. The Morgan fingerprint density at radius 1 is 1.77 bits per heavy atom. The van der Waals surface area contributed by atoms with Gasteiger partial charge in [-0.15, -0.1) is 0 Å². The first-order valence-corrected chi connectivity index (χ1v) is 4.35. The van der Waals surface area contributed by atoms with Crippen LogP contribution in [0.1, 0.15) is 6.42 Å². The highest BCUT2D eigenvalue weighted by Crippen LogP contribution is 2.12. The first-order chi connectivity index (χ1) is 6.24. The topological polar surface area (TPSA) is 81.8 Å². The van der Waals surface area contributed by atoms with Gasteiger partial charge in [-0.3, -0.25) is 4.79 Å². The van der Waals surface area contributed by atoms with Gasteiger partial charge in [0.25, 0.3) is 0 Å². The van der Waals surface area contributed by atoms with Gasteiger partial charge in [0.2, 0.25) is 0 Å². The maximum atomic E-state index is 11.0. The number of aliphatic hydroxyl groups excluding tert-OH is 1. The van der Waals surface area contributed by atoms with Crippen molar-refractivity contribution in [3.05, 3.63) is 0 Å². The number of nitrogens with two attached hydrogens (primary N) is 1. The molecule has 0 saturated carbocycles. The van der Waals surface area contributed by atoms with Crippen LogP contribution in [0.25, 0.3) is 0 Å². The predicted molar refractivity (Wildman–Crippen MR) is 44.9 cm³/mol. The zero-order valence-corrected chi connectivity index (χ0v) is 7.44. The Hall–Kier alpha value is -0.650. The summed E-state index contributed by atoms with van der Waals surface area (Å²) in [6.07, 6.45) is 0.918. The quantitative estimate of drug-likeness (QED) is 0.548. The SMILES string of the molecule is N[C@@H](CO)C(=O)OCC1CCOC1. The van der Waals surface area contributed by atoms with Gasteiger partial charge in [-0.25, -0.2) is 0 Å². The van der Waals surface area contributed by atoms with Crippen LogP contribution in [0.2, 0.25) is 0 Å². The number of carbonyl (C=O) groups is 1. The van der Waals surface area contributed by atoms with E-state index in [1.807, 2.05) is 0 Å². The van der Waals surface area contributed by atoms with Crippen molar-refractivity contribution in [2.24, 2.45) is 11.7 Å². The second-order valence-electron chi connectivity index (χ2n) is 3.15. The molecule has 0 aromatic heterocycles. The lowest BCUT2D eigenvalue weighted by atomic mass is 10.1. The molecule has 0 spiro atoms. The molecule has 1 rings (SSSR count). The van der Waals surface area contributed by atoms with E-state index < -0.39 is 12.0 Å². The molecular formula is C8H15NO4. The minimum atomic E-state index is -0.915. The number of hydrogen-bond acceptors (Lipinski definition) is 5. The van der Waals surface area contributed by atoms with Crippen molar-refractivity contribution in [2.75, 3.05) is 26.4 Å². The zero-order chi connectivity index (χ0) is 9.68. The van der Waals surface area contributed by atoms with E-state index in [0.29, 0.717) is 13.2 Å². The predicted octanol–water partition coefficient (Wildman–Crippen LogP) is -1.11. The standard InChI is InChI=1S/C8H15NO4/c9-7(3-10)8(11)13-5-6-1-2-12-4-6/h6-7,10H,1-5,9H2/t6?,7-/m0/s1. The Bertz CT molecular complexity index is 168. The van der Waals surface area contributed by atoms with Crippen molar-refractivity contribution in [3.8, 4) is 0 Å². The van der Waals surface area contributed by atoms with Crippen molar-refractivity contribution >= 4 is 5.97 Å². The Morgan fingerprint density at radius 2 is 2.54 bits per heavy atom. The number of aliphatic hydroxyl groups is 1. The minimum absolute atomic E-state index is 0.287. The fraction of sp³-hybridized carbons (Fsp3) is 0.875. The van der Waals surface area contributed by atoms with Crippen molar-refractivity contribution in [1.82, 2.24) is 0 Å². The highest BCUT2D eigenvalue weighted by molar-refractivity contribution is 5.75. The lowest BCUT2D eigenvalue weighted by Crippen LogP contribution is -2.36. The van der Waals surface area contributed by atoms with Crippen molar-refractivity contribution in [2.45, 2.75) is 12.5 Å². The smallest absolute Gasteiger partial charge is 0.325 e. The third-order valence-electron chi connectivity index (χ3n) is 1.98. The highest BCUT2D eigenvalue weighted by atomic mass is 16.5. The normalized spacial score (nSPS) is 24.3. The molecule has 0 aromatic rings. The van der Waals surface area contributed by atoms with Crippen LogP contribution in [0.3, 0.4) is 0 Å². The Labute approximate surface area is 76.8 Å². The molecule has 1 fully saturated rings. The molecular weight excluding hydrogens is 174 g/mol. The first-order valence-electron chi connectivity index (χ1n) is 4.35. The number of hydrogen-bond donors (Lipinski definition) is 2. The molecule has 1 unspecified atom stereocenters. The fourth-order valence-corrected chi connectivity index (χ4v) is 1.10. The van der Waals surface area contributed by atoms with Crippen molar-refractivity contribution in [3.63, 3.8) is 0 Å². The summed E-state index contributed by atoms with van der Waals surface area (Å²) in [6.45, 7) is 1.34. The summed E-state index contributed by atoms with van der Waals surface area (Å²) >= 11 is 0. The van der Waals surface area contributed by atoms with Crippen LogP contribution in [0.4, 0.5) is 0 Å². The minimum Gasteiger partial charge on any atom is -0.464 e. The van der Waals surface area contributed by atoms with Gasteiger partial charge in [0.1, 0.15) is 6.04 Å². The maximum Gasteiger partial charge on any atom is 0.325 e. The molecule has 0 bridgehead atoms. The maximum absolute atomic E-state index is 11.0. The van der Waals surface area contributed by atoms with Gasteiger partial charge >= 0.3 is 5.97 Å². The Kier molecular flexibility index (Phi) is 4.14. The van der Waals surface area contributed by atoms with Gasteiger partial charge < -0.3 is 20.3 Å². The number of rotatable bonds is 4. The van der Waals surface area contributed by atoms with E-state index >= 15 is 0 Å². The van der Waals surface area contributed by atoms with E-state index in [9.17, 15) is 4.79 Å². The largest absolute Gasteiger partial charge is 0.464 e. The molecule has 5 heteroatoms. The van der Waals surface area contributed by atoms with Crippen molar-refractivity contribution in [1.29, 1.82) is 0 Å². The second kappa shape index (κ2) is 5.16. The van der Waals surface area contributed by atoms with Crippen LogP contribution < -0.4 is 5.73 Å². The summed E-state index contributed by atoms with van der Waals surface area (Å²) in [6, 6.07) is -0.915. The van der Waals surface area contributed by atoms with Gasteiger partial charge in [0.15, 0.2) is 0 Å². The van der Waals surface area contributed by atoms with Crippen LogP contribution in [0, 0.1) is 5.92 Å². The molecule has 76 valence electrons. The molecule has 1 saturated heterocycles. The van der Waals surface area contributed by atoms with Crippen molar-refractivity contribution < 1.29 is 19.4 Å². The van der Waals surface area contributed by atoms with Crippen LogP contribution in [0.15, 0.2) is 0 Å². The fourth-order valence-electron chi connectivity index (χ4n) is 1.10. The molecule has 13 heavy (non-hydrogen) atoms. The van der Waals surface area contributed by atoms with E-state index in [2.05, 4.69) is 0 Å². The summed E-state index contributed by atoms with van der Waals surface area (Å²) in [4.78, 5) is 11.0. The van der Waals surface area contributed by atoms with Crippen LogP contribution >= 0.6 is 0 Å². The summed E-state index contributed by atoms with van der Waals surface area (Å²) in [5.41, 5.74) is 5.25. The van der Waals surface area contributed by atoms with Gasteiger partial charge in [-0.1, -0.05) is 0 Å². The Balaban J connectivity index is 2.13. The summed E-state index contributed by atoms with van der Waals surface area (Å²) < 4.78 is 9.98. The molecule has 2 atom stereocenters. The van der Waals surface area contributed by atoms with Crippen LogP contribution in [-0.4, -0.2) is 43.5 Å². The molecule has 5 nitrogen and oxygen atoms in total. The summed E-state index contributed by atoms with van der Waals surface area (Å²) in [5.74, 6) is -0.260. The van der Waals surface area contributed by atoms with Crippen LogP contribution in [0.5, 0.6) is 0 Å². The molecule has 0 aromatic carbocycles. The van der Waals surface area contributed by atoms with Crippen LogP contribution in [-0.2, 0) is 14.3 Å². The molecule has 0 amide bonds. The number of carbonyl (C=O) groups excluding carboxylic acids is 1. The van der Waals surface area contributed by atoms with E-state index in [1.165, 1.54) is 0 Å². The average molecular weight is 189 g/mol. The monoisotopic (exact) mass is 189 g/mol. The van der Waals surface area contributed by atoms with Gasteiger partial charge in [0.05, 0.1) is 19.8 Å². The highest BCUT2D eigenvalue weighted by Gasteiger charge is 2.19. The van der Waals surface area contributed by atoms with E-state index in [1.54, 1.807) is 0 Å². The zero-order valence-electron chi connectivity index (χ0n) is 7.44. The van der Waals surface area contributed by atoms with E-state index in [0.717, 1.165) is 13.0 Å². The summed E-state index contributed by atoms with van der Waals surface area (Å²) in [5, 5.41) is 8.55. The average Bonchev–Trinajstić information content (AvgIpc) is 2.65. The van der Waals surface area contributed by atoms with Gasteiger partial charge in [-0.05, 0) is 6.42 Å². The number of esters is 1. The Morgan fingerprint density at radius 3 is 3.08 bits per heavy atom. The third-order valence-corrected chi connectivity index (χ3v) is 1.98. The molecule has 1 aliphatic heterocycles. The van der Waals surface area contributed by atoms with Gasteiger partial charge in [-0.2, -0.15) is 0 Å².